The van der Waals surface area contributed by atoms with Gasteiger partial charge in [-0.15, -0.1) is 0 Å². The van der Waals surface area contributed by atoms with Crippen LogP contribution in [0.2, 0.25) is 0 Å². The Bertz CT molecular complexity index is 639. The summed E-state index contributed by atoms with van der Waals surface area (Å²) in [5.41, 5.74) is 5.93. The highest BCUT2D eigenvalue weighted by Crippen LogP contribution is 2.36. The molecule has 1 N–H and O–H groups in total. The van der Waals surface area contributed by atoms with E-state index in [1.54, 1.807) is 0 Å². The van der Waals surface area contributed by atoms with Crippen LogP contribution in [0.5, 0.6) is 0 Å². The van der Waals surface area contributed by atoms with Crippen LogP contribution in [0.4, 0.5) is 5.69 Å². The number of nitro benzene ring substituents is 1. The Labute approximate surface area is 99.8 Å². The SMILES string of the molecule is Cc1[nH]c2c(C)c(C)c([N+](=O)[O-])c(C)c2c1C. The van der Waals surface area contributed by atoms with Gasteiger partial charge in [0.15, 0.2) is 0 Å². The number of aryl methyl sites for hydroxylation is 4. The second kappa shape index (κ2) is 3.58. The summed E-state index contributed by atoms with van der Waals surface area (Å²) in [4.78, 5) is 14.2. The fourth-order valence-corrected chi connectivity index (χ4v) is 2.51. The molecule has 0 aliphatic rings. The molecule has 1 aromatic heterocycles. The minimum Gasteiger partial charge on any atom is -0.358 e. The number of nitrogens with one attached hydrogen (secondary N) is 1. The first-order valence-corrected chi connectivity index (χ1v) is 5.59. The average molecular weight is 232 g/mol. The number of benzene rings is 1. The van der Waals surface area contributed by atoms with Gasteiger partial charge in [-0.3, -0.25) is 10.1 Å². The molecule has 4 nitrogen and oxygen atoms in total. The molecule has 0 atom stereocenters. The Balaban J connectivity index is 3.06. The topological polar surface area (TPSA) is 58.9 Å². The van der Waals surface area contributed by atoms with Crippen molar-refractivity contribution in [3.05, 3.63) is 38.1 Å². The van der Waals surface area contributed by atoms with Crippen molar-refractivity contribution < 1.29 is 4.92 Å². The molecule has 90 valence electrons. The van der Waals surface area contributed by atoms with Crippen LogP contribution in [0.3, 0.4) is 0 Å². The lowest BCUT2D eigenvalue weighted by Crippen LogP contribution is -1.98. The molecular formula is C13H16N2O2. The number of fused-ring (bicyclic) bond motifs is 1. The van der Waals surface area contributed by atoms with Gasteiger partial charge in [-0.2, -0.15) is 0 Å². The summed E-state index contributed by atoms with van der Waals surface area (Å²) in [5, 5.41) is 12.1. The predicted octanol–water partition coefficient (Wildman–Crippen LogP) is 3.62. The van der Waals surface area contributed by atoms with Gasteiger partial charge in [0, 0.05) is 27.7 Å². The van der Waals surface area contributed by atoms with Crippen molar-refractivity contribution in [2.75, 3.05) is 0 Å². The summed E-state index contributed by atoms with van der Waals surface area (Å²) in [5.74, 6) is 0. The highest BCUT2D eigenvalue weighted by Gasteiger charge is 2.23. The van der Waals surface area contributed by atoms with Crippen molar-refractivity contribution in [1.29, 1.82) is 0 Å². The first-order valence-electron chi connectivity index (χ1n) is 5.59. The van der Waals surface area contributed by atoms with Crippen molar-refractivity contribution in [2.45, 2.75) is 34.6 Å². The minimum absolute atomic E-state index is 0.247. The molecule has 0 radical (unpaired) electrons. The van der Waals surface area contributed by atoms with E-state index in [-0.39, 0.29) is 10.6 Å². The molecule has 2 aromatic rings. The van der Waals surface area contributed by atoms with E-state index in [1.165, 1.54) is 0 Å². The van der Waals surface area contributed by atoms with E-state index in [0.717, 1.165) is 38.9 Å². The number of H-pyrrole nitrogens is 1. The zero-order valence-electron chi connectivity index (χ0n) is 10.8. The fourth-order valence-electron chi connectivity index (χ4n) is 2.51. The number of rotatable bonds is 1. The molecule has 0 amide bonds. The Kier molecular flexibility index (Phi) is 2.45. The maximum Gasteiger partial charge on any atom is 0.276 e. The molecule has 0 fully saturated rings. The lowest BCUT2D eigenvalue weighted by Gasteiger charge is -2.08. The Morgan fingerprint density at radius 2 is 1.53 bits per heavy atom. The van der Waals surface area contributed by atoms with Gasteiger partial charge in [0.25, 0.3) is 5.69 Å². The van der Waals surface area contributed by atoms with E-state index >= 15 is 0 Å². The largest absolute Gasteiger partial charge is 0.358 e. The third-order valence-corrected chi connectivity index (χ3v) is 3.71. The van der Waals surface area contributed by atoms with Crippen LogP contribution in [0, 0.1) is 44.7 Å². The van der Waals surface area contributed by atoms with Gasteiger partial charge in [0.05, 0.1) is 4.92 Å². The third kappa shape index (κ3) is 1.44. The number of aromatic amines is 1. The second-order valence-corrected chi connectivity index (χ2v) is 4.61. The van der Waals surface area contributed by atoms with Gasteiger partial charge < -0.3 is 4.98 Å². The van der Waals surface area contributed by atoms with Crippen molar-refractivity contribution in [2.24, 2.45) is 0 Å². The predicted molar refractivity (Wildman–Crippen MR) is 68.6 cm³/mol. The molecule has 1 aromatic carbocycles. The molecule has 0 unspecified atom stereocenters. The van der Waals surface area contributed by atoms with Gasteiger partial charge in [0.1, 0.15) is 0 Å². The molecule has 0 aliphatic carbocycles. The van der Waals surface area contributed by atoms with Crippen molar-refractivity contribution in [1.82, 2.24) is 4.98 Å². The number of hydrogen-bond donors (Lipinski definition) is 1. The van der Waals surface area contributed by atoms with Crippen molar-refractivity contribution in [3.8, 4) is 0 Å². The average Bonchev–Trinajstić information content (AvgIpc) is 2.52. The van der Waals surface area contributed by atoms with Crippen LogP contribution in [-0.4, -0.2) is 9.91 Å². The molecule has 17 heavy (non-hydrogen) atoms. The number of aromatic nitrogens is 1. The number of nitrogens with zero attached hydrogens (tertiary/aromatic N) is 1. The first-order chi connectivity index (χ1) is 7.86. The van der Waals surface area contributed by atoms with Crippen molar-refractivity contribution in [3.63, 3.8) is 0 Å². The Hall–Kier alpha value is -1.84. The Morgan fingerprint density at radius 3 is 2.06 bits per heavy atom. The lowest BCUT2D eigenvalue weighted by atomic mass is 9.97. The van der Waals surface area contributed by atoms with E-state index in [4.69, 9.17) is 0 Å². The van der Waals surface area contributed by atoms with Crippen LogP contribution in [0.15, 0.2) is 0 Å². The molecule has 4 heteroatoms. The summed E-state index contributed by atoms with van der Waals surface area (Å²) >= 11 is 0. The maximum absolute atomic E-state index is 11.2. The van der Waals surface area contributed by atoms with E-state index < -0.39 is 0 Å². The lowest BCUT2D eigenvalue weighted by molar-refractivity contribution is -0.385. The molecule has 0 bridgehead atoms. The smallest absolute Gasteiger partial charge is 0.276 e. The second-order valence-electron chi connectivity index (χ2n) is 4.61. The van der Waals surface area contributed by atoms with Gasteiger partial charge >= 0.3 is 0 Å². The Morgan fingerprint density at radius 1 is 0.941 bits per heavy atom. The zero-order chi connectivity index (χ0) is 12.9. The van der Waals surface area contributed by atoms with E-state index in [1.807, 2.05) is 34.6 Å². The standard InChI is InChI=1S/C13H16N2O2/c1-6-7(2)13(15(16)17)9(4)11-8(3)10(5)14-12(6)11/h14H,1-5H3. The maximum atomic E-state index is 11.2. The van der Waals surface area contributed by atoms with Crippen LogP contribution in [0.25, 0.3) is 10.9 Å². The molecule has 0 saturated carbocycles. The summed E-state index contributed by atoms with van der Waals surface area (Å²) in [7, 11) is 0. The zero-order valence-corrected chi connectivity index (χ0v) is 10.8. The number of hydrogen-bond acceptors (Lipinski definition) is 2. The normalized spacial score (nSPS) is 11.1. The highest BCUT2D eigenvalue weighted by molar-refractivity contribution is 5.94. The van der Waals surface area contributed by atoms with Crippen molar-refractivity contribution >= 4 is 16.6 Å². The summed E-state index contributed by atoms with van der Waals surface area (Å²) in [6.45, 7) is 9.56. The van der Waals surface area contributed by atoms with E-state index in [0.29, 0.717) is 0 Å². The van der Waals surface area contributed by atoms with Gasteiger partial charge in [-0.1, -0.05) is 0 Å². The fraction of sp³-hybridized carbons (Fsp3) is 0.385. The van der Waals surface area contributed by atoms with Gasteiger partial charge in [-0.05, 0) is 45.7 Å². The number of nitro groups is 1. The molecule has 1 heterocycles. The molecule has 0 saturated heterocycles. The van der Waals surface area contributed by atoms with Crippen LogP contribution < -0.4 is 0 Å². The highest BCUT2D eigenvalue weighted by atomic mass is 16.6. The van der Waals surface area contributed by atoms with Crippen LogP contribution >= 0.6 is 0 Å². The third-order valence-electron chi connectivity index (χ3n) is 3.71. The molecular weight excluding hydrogens is 216 g/mol. The van der Waals surface area contributed by atoms with Crippen LogP contribution in [0.1, 0.15) is 27.9 Å². The summed E-state index contributed by atoms with van der Waals surface area (Å²) in [6.07, 6.45) is 0. The quantitative estimate of drug-likeness (QED) is 0.603. The summed E-state index contributed by atoms with van der Waals surface area (Å²) < 4.78 is 0. The van der Waals surface area contributed by atoms with Gasteiger partial charge in [-0.25, -0.2) is 0 Å². The van der Waals surface area contributed by atoms with Gasteiger partial charge in [0.2, 0.25) is 0 Å². The van der Waals surface area contributed by atoms with E-state index in [2.05, 4.69) is 4.98 Å². The molecule has 0 aliphatic heterocycles. The van der Waals surface area contributed by atoms with E-state index in [9.17, 15) is 10.1 Å². The molecule has 2 rings (SSSR count). The molecule has 0 spiro atoms. The monoisotopic (exact) mass is 232 g/mol. The minimum atomic E-state index is -0.279. The summed E-state index contributed by atoms with van der Waals surface area (Å²) in [6, 6.07) is 0. The van der Waals surface area contributed by atoms with Crippen LogP contribution in [-0.2, 0) is 0 Å². The first kappa shape index (κ1) is 11.6.